The molecule has 3 aromatic rings. The van der Waals surface area contributed by atoms with E-state index in [9.17, 15) is 4.79 Å². The number of aromatic nitrogens is 3. The molecule has 4 rings (SSSR count). The SMILES string of the molecule is CC(NC(=O)C1CC(c2ccccc2)NN1)c1ccc(-n2cncn2)cc1. The van der Waals surface area contributed by atoms with Crippen LogP contribution in [-0.2, 0) is 4.79 Å². The average Bonchev–Trinajstić information content (AvgIpc) is 3.41. The molecule has 7 nitrogen and oxygen atoms in total. The molecule has 1 fully saturated rings. The Morgan fingerprint density at radius 1 is 1.15 bits per heavy atom. The summed E-state index contributed by atoms with van der Waals surface area (Å²) in [5, 5.41) is 7.20. The molecule has 3 unspecified atom stereocenters. The molecular weight excluding hydrogens is 340 g/mol. The average molecular weight is 362 g/mol. The number of benzene rings is 2. The second-order valence-corrected chi connectivity index (χ2v) is 6.70. The Hall–Kier alpha value is -3.03. The van der Waals surface area contributed by atoms with Crippen molar-refractivity contribution >= 4 is 5.91 Å². The maximum atomic E-state index is 12.6. The molecule has 1 saturated heterocycles. The van der Waals surface area contributed by atoms with Crippen LogP contribution in [0.15, 0.2) is 67.3 Å². The summed E-state index contributed by atoms with van der Waals surface area (Å²) in [4.78, 5) is 16.6. The summed E-state index contributed by atoms with van der Waals surface area (Å²) < 4.78 is 1.70. The molecule has 2 aromatic carbocycles. The lowest BCUT2D eigenvalue weighted by molar-refractivity contribution is -0.123. The molecule has 0 aliphatic carbocycles. The van der Waals surface area contributed by atoms with Gasteiger partial charge in [-0.1, -0.05) is 42.5 Å². The predicted molar refractivity (Wildman–Crippen MR) is 102 cm³/mol. The molecule has 1 aliphatic heterocycles. The molecule has 1 aliphatic rings. The fourth-order valence-corrected chi connectivity index (χ4v) is 3.29. The largest absolute Gasteiger partial charge is 0.348 e. The number of nitrogens with one attached hydrogen (secondary N) is 3. The monoisotopic (exact) mass is 362 g/mol. The van der Waals surface area contributed by atoms with Gasteiger partial charge < -0.3 is 5.32 Å². The standard InChI is InChI=1S/C20H22N6O/c1-14(15-7-9-17(10-8-15)26-13-21-12-22-26)23-20(27)19-11-18(24-25-19)16-5-3-2-4-6-16/h2-10,12-14,18-19,24-25H,11H2,1H3,(H,23,27). The molecule has 138 valence electrons. The molecule has 1 amide bonds. The number of hydrogen-bond donors (Lipinski definition) is 3. The van der Waals surface area contributed by atoms with Crippen LogP contribution in [0.4, 0.5) is 0 Å². The van der Waals surface area contributed by atoms with Crippen molar-refractivity contribution in [1.29, 1.82) is 0 Å². The summed E-state index contributed by atoms with van der Waals surface area (Å²) in [5.41, 5.74) is 9.47. The van der Waals surface area contributed by atoms with E-state index in [2.05, 4.69) is 38.4 Å². The zero-order valence-electron chi connectivity index (χ0n) is 15.0. The normalized spacial score (nSPS) is 20.3. The number of carbonyl (C=O) groups is 1. The quantitative estimate of drug-likeness (QED) is 0.647. The number of hydrazine groups is 1. The first kappa shape index (κ1) is 17.4. The van der Waals surface area contributed by atoms with Gasteiger partial charge in [0.05, 0.1) is 11.7 Å². The van der Waals surface area contributed by atoms with E-state index in [1.807, 2.05) is 49.4 Å². The van der Waals surface area contributed by atoms with E-state index < -0.39 is 0 Å². The summed E-state index contributed by atoms with van der Waals surface area (Å²) in [6.45, 7) is 1.99. The Morgan fingerprint density at radius 3 is 2.63 bits per heavy atom. The van der Waals surface area contributed by atoms with Gasteiger partial charge in [0.15, 0.2) is 0 Å². The third-order valence-electron chi connectivity index (χ3n) is 4.86. The molecule has 0 saturated carbocycles. The lowest BCUT2D eigenvalue weighted by atomic mass is 10.0. The summed E-state index contributed by atoms with van der Waals surface area (Å²) in [5.74, 6) is -0.00576. The molecule has 3 atom stereocenters. The highest BCUT2D eigenvalue weighted by Gasteiger charge is 2.30. The first-order chi connectivity index (χ1) is 13.2. The van der Waals surface area contributed by atoms with E-state index in [1.54, 1.807) is 11.0 Å². The van der Waals surface area contributed by atoms with E-state index in [1.165, 1.54) is 11.9 Å². The van der Waals surface area contributed by atoms with E-state index >= 15 is 0 Å². The van der Waals surface area contributed by atoms with Crippen LogP contribution in [0.25, 0.3) is 5.69 Å². The molecule has 3 N–H and O–H groups in total. The molecule has 7 heteroatoms. The smallest absolute Gasteiger partial charge is 0.239 e. The lowest BCUT2D eigenvalue weighted by Gasteiger charge is -2.17. The minimum absolute atomic E-state index is 0.00576. The highest BCUT2D eigenvalue weighted by atomic mass is 16.2. The maximum Gasteiger partial charge on any atom is 0.239 e. The minimum Gasteiger partial charge on any atom is -0.348 e. The van der Waals surface area contributed by atoms with Gasteiger partial charge in [0.2, 0.25) is 5.91 Å². The second kappa shape index (κ2) is 7.69. The fourth-order valence-electron chi connectivity index (χ4n) is 3.29. The number of hydrogen-bond acceptors (Lipinski definition) is 5. The first-order valence-corrected chi connectivity index (χ1v) is 9.02. The zero-order chi connectivity index (χ0) is 18.6. The van der Waals surface area contributed by atoms with Crippen molar-refractivity contribution < 1.29 is 4.79 Å². The van der Waals surface area contributed by atoms with Crippen molar-refractivity contribution in [3.05, 3.63) is 78.4 Å². The van der Waals surface area contributed by atoms with Crippen molar-refractivity contribution in [2.45, 2.75) is 31.5 Å². The van der Waals surface area contributed by atoms with Gasteiger partial charge in [0, 0.05) is 6.04 Å². The van der Waals surface area contributed by atoms with E-state index in [4.69, 9.17) is 0 Å². The maximum absolute atomic E-state index is 12.6. The summed E-state index contributed by atoms with van der Waals surface area (Å²) >= 11 is 0. The van der Waals surface area contributed by atoms with Gasteiger partial charge in [0.25, 0.3) is 0 Å². The predicted octanol–water partition coefficient (Wildman–Crippen LogP) is 2.05. The summed E-state index contributed by atoms with van der Waals surface area (Å²) in [7, 11) is 0. The van der Waals surface area contributed by atoms with Crippen molar-refractivity contribution in [3.8, 4) is 5.69 Å². The Labute approximate surface area is 157 Å². The fraction of sp³-hybridized carbons (Fsp3) is 0.250. The van der Waals surface area contributed by atoms with Gasteiger partial charge in [-0.15, -0.1) is 0 Å². The van der Waals surface area contributed by atoms with Gasteiger partial charge in [0.1, 0.15) is 18.7 Å². The van der Waals surface area contributed by atoms with Crippen molar-refractivity contribution in [3.63, 3.8) is 0 Å². The highest BCUT2D eigenvalue weighted by Crippen LogP contribution is 2.22. The van der Waals surface area contributed by atoms with Crippen molar-refractivity contribution in [2.75, 3.05) is 0 Å². The number of carbonyl (C=O) groups excluding carboxylic acids is 1. The van der Waals surface area contributed by atoms with Gasteiger partial charge in [-0.05, 0) is 36.6 Å². The van der Waals surface area contributed by atoms with Gasteiger partial charge in [-0.25, -0.2) is 20.5 Å². The molecule has 0 radical (unpaired) electrons. The zero-order valence-corrected chi connectivity index (χ0v) is 15.0. The van der Waals surface area contributed by atoms with Gasteiger partial charge in [-0.3, -0.25) is 4.79 Å². The molecule has 0 bridgehead atoms. The van der Waals surface area contributed by atoms with Crippen LogP contribution in [0.5, 0.6) is 0 Å². The van der Waals surface area contributed by atoms with Crippen LogP contribution < -0.4 is 16.2 Å². The van der Waals surface area contributed by atoms with Gasteiger partial charge in [-0.2, -0.15) is 5.10 Å². The Kier molecular flexibility index (Phi) is 4.95. The number of rotatable bonds is 5. The van der Waals surface area contributed by atoms with E-state index in [-0.39, 0.29) is 24.0 Å². The minimum atomic E-state index is -0.257. The molecule has 2 heterocycles. The van der Waals surface area contributed by atoms with Crippen LogP contribution in [0.3, 0.4) is 0 Å². The number of nitrogens with zero attached hydrogens (tertiary/aromatic N) is 3. The van der Waals surface area contributed by atoms with Crippen LogP contribution >= 0.6 is 0 Å². The number of amides is 1. The molecule has 27 heavy (non-hydrogen) atoms. The highest BCUT2D eigenvalue weighted by molar-refractivity contribution is 5.82. The summed E-state index contributed by atoms with van der Waals surface area (Å²) in [6.07, 6.45) is 3.87. The van der Waals surface area contributed by atoms with E-state index in [0.29, 0.717) is 6.42 Å². The van der Waals surface area contributed by atoms with Crippen LogP contribution in [0.1, 0.15) is 36.6 Å². The van der Waals surface area contributed by atoms with Crippen molar-refractivity contribution in [1.82, 2.24) is 30.9 Å². The third-order valence-corrected chi connectivity index (χ3v) is 4.86. The van der Waals surface area contributed by atoms with Crippen LogP contribution in [-0.4, -0.2) is 26.7 Å². The van der Waals surface area contributed by atoms with E-state index in [0.717, 1.165) is 11.3 Å². The molecular formula is C20H22N6O. The first-order valence-electron chi connectivity index (χ1n) is 9.02. The van der Waals surface area contributed by atoms with Crippen LogP contribution in [0.2, 0.25) is 0 Å². The molecule has 0 spiro atoms. The third kappa shape index (κ3) is 3.89. The topological polar surface area (TPSA) is 83.9 Å². The van der Waals surface area contributed by atoms with Crippen LogP contribution in [0, 0.1) is 0 Å². The van der Waals surface area contributed by atoms with Crippen molar-refractivity contribution in [2.24, 2.45) is 0 Å². The Bertz CT molecular complexity index is 879. The second-order valence-electron chi connectivity index (χ2n) is 6.70. The molecule has 1 aromatic heterocycles. The Morgan fingerprint density at radius 2 is 1.93 bits per heavy atom. The van der Waals surface area contributed by atoms with Gasteiger partial charge >= 0.3 is 0 Å². The lowest BCUT2D eigenvalue weighted by Crippen LogP contribution is -2.43. The summed E-state index contributed by atoms with van der Waals surface area (Å²) in [6, 6.07) is 17.9. The Balaban J connectivity index is 1.35.